The average molecular weight is 175 g/mol. The van der Waals surface area contributed by atoms with Crippen LogP contribution >= 0.6 is 0 Å². The van der Waals surface area contributed by atoms with Gasteiger partial charge in [0.25, 0.3) is 0 Å². The van der Waals surface area contributed by atoms with Crippen LogP contribution in [0.3, 0.4) is 0 Å². The molecule has 1 unspecified atom stereocenters. The quantitative estimate of drug-likeness (QED) is 0.624. The van der Waals surface area contributed by atoms with Crippen LogP contribution < -0.4 is 0 Å². The number of halogens is 1. The van der Waals surface area contributed by atoms with Gasteiger partial charge in [0, 0.05) is 6.54 Å². The van der Waals surface area contributed by atoms with Crippen LogP contribution in [0, 0.1) is 0 Å². The molecule has 0 spiro atoms. The summed E-state index contributed by atoms with van der Waals surface area (Å²) in [6.07, 6.45) is 1.18. The Labute approximate surface area is 71.2 Å². The van der Waals surface area contributed by atoms with E-state index in [0.717, 1.165) is 0 Å². The van der Waals surface area contributed by atoms with Crippen molar-refractivity contribution in [2.45, 2.75) is 25.4 Å². The van der Waals surface area contributed by atoms with Gasteiger partial charge in [-0.05, 0) is 19.8 Å². The highest BCUT2D eigenvalue weighted by Gasteiger charge is 2.32. The molecule has 0 aromatic rings. The molecule has 1 fully saturated rings. The number of hydrogen-bond donors (Lipinski definition) is 1. The first-order valence-corrected chi connectivity index (χ1v) is 4.13. The molecular weight excluding hydrogens is 161 g/mol. The van der Waals surface area contributed by atoms with Crippen molar-refractivity contribution >= 4 is 5.91 Å². The molecule has 4 heteroatoms. The first-order valence-electron chi connectivity index (χ1n) is 4.13. The van der Waals surface area contributed by atoms with Crippen LogP contribution in [-0.2, 0) is 4.79 Å². The molecule has 1 amide bonds. The van der Waals surface area contributed by atoms with Crippen molar-refractivity contribution in [2.24, 2.45) is 0 Å². The SMILES string of the molecule is CC1(F)CCCN(C(=O)CO)C1. The molecule has 70 valence electrons. The van der Waals surface area contributed by atoms with Crippen molar-refractivity contribution in [2.75, 3.05) is 19.7 Å². The molecule has 1 rings (SSSR count). The standard InChI is InChI=1S/C8H14FNO2/c1-8(9)3-2-4-10(6-8)7(12)5-11/h11H,2-6H2,1H3. The van der Waals surface area contributed by atoms with Crippen molar-refractivity contribution in [3.8, 4) is 0 Å². The first-order chi connectivity index (χ1) is 5.55. The molecule has 1 heterocycles. The van der Waals surface area contributed by atoms with Gasteiger partial charge in [0.1, 0.15) is 12.3 Å². The van der Waals surface area contributed by atoms with Gasteiger partial charge < -0.3 is 10.0 Å². The van der Waals surface area contributed by atoms with Crippen molar-refractivity contribution < 1.29 is 14.3 Å². The number of rotatable bonds is 1. The number of nitrogens with zero attached hydrogens (tertiary/aromatic N) is 1. The summed E-state index contributed by atoms with van der Waals surface area (Å²) in [4.78, 5) is 12.3. The molecule has 1 saturated heterocycles. The van der Waals surface area contributed by atoms with Crippen LogP contribution in [0.2, 0.25) is 0 Å². The van der Waals surface area contributed by atoms with Crippen LogP contribution in [0.15, 0.2) is 0 Å². The van der Waals surface area contributed by atoms with Crippen molar-refractivity contribution in [3.63, 3.8) is 0 Å². The third-order valence-corrected chi connectivity index (χ3v) is 2.13. The van der Waals surface area contributed by atoms with Gasteiger partial charge in [0.05, 0.1) is 6.54 Å². The molecular formula is C8H14FNO2. The minimum Gasteiger partial charge on any atom is -0.387 e. The smallest absolute Gasteiger partial charge is 0.248 e. The van der Waals surface area contributed by atoms with E-state index < -0.39 is 12.3 Å². The predicted molar refractivity (Wildman–Crippen MR) is 42.4 cm³/mol. The summed E-state index contributed by atoms with van der Waals surface area (Å²) >= 11 is 0. The summed E-state index contributed by atoms with van der Waals surface area (Å²) in [5.41, 5.74) is -1.27. The normalized spacial score (nSPS) is 30.4. The van der Waals surface area contributed by atoms with Crippen molar-refractivity contribution in [1.82, 2.24) is 4.90 Å². The minimum absolute atomic E-state index is 0.117. The zero-order valence-electron chi connectivity index (χ0n) is 7.22. The Morgan fingerprint density at radius 3 is 2.92 bits per heavy atom. The molecule has 1 aliphatic heterocycles. The topological polar surface area (TPSA) is 40.5 Å². The Morgan fingerprint density at radius 2 is 2.42 bits per heavy atom. The highest BCUT2D eigenvalue weighted by molar-refractivity contribution is 5.77. The Hall–Kier alpha value is -0.640. The van der Waals surface area contributed by atoms with E-state index in [1.807, 2.05) is 0 Å². The fraction of sp³-hybridized carbons (Fsp3) is 0.875. The van der Waals surface area contributed by atoms with Crippen molar-refractivity contribution in [3.05, 3.63) is 0 Å². The lowest BCUT2D eigenvalue weighted by Crippen LogP contribution is -2.47. The monoisotopic (exact) mass is 175 g/mol. The fourth-order valence-electron chi connectivity index (χ4n) is 1.51. The third-order valence-electron chi connectivity index (χ3n) is 2.13. The van der Waals surface area contributed by atoms with Gasteiger partial charge in [0.15, 0.2) is 0 Å². The molecule has 1 N–H and O–H groups in total. The molecule has 3 nitrogen and oxygen atoms in total. The summed E-state index contributed by atoms with van der Waals surface area (Å²) in [5, 5.41) is 8.54. The molecule has 0 saturated carbocycles. The average Bonchev–Trinajstić information content (AvgIpc) is 2.01. The van der Waals surface area contributed by atoms with Gasteiger partial charge in [-0.15, -0.1) is 0 Å². The number of aliphatic hydroxyl groups excluding tert-OH is 1. The molecule has 0 aliphatic carbocycles. The van der Waals surface area contributed by atoms with Crippen molar-refractivity contribution in [1.29, 1.82) is 0 Å². The van der Waals surface area contributed by atoms with E-state index in [-0.39, 0.29) is 12.5 Å². The van der Waals surface area contributed by atoms with Gasteiger partial charge in [-0.3, -0.25) is 4.79 Å². The number of carbonyl (C=O) groups excluding carboxylic acids is 1. The van der Waals surface area contributed by atoms with E-state index in [1.54, 1.807) is 0 Å². The lowest BCUT2D eigenvalue weighted by atomic mass is 9.97. The van der Waals surface area contributed by atoms with E-state index >= 15 is 0 Å². The Balaban J connectivity index is 2.52. The molecule has 1 aliphatic rings. The number of likely N-dealkylation sites (tertiary alicyclic amines) is 1. The van der Waals surface area contributed by atoms with Crippen LogP contribution in [0.1, 0.15) is 19.8 Å². The van der Waals surface area contributed by atoms with E-state index in [0.29, 0.717) is 19.4 Å². The third kappa shape index (κ3) is 2.17. The van der Waals surface area contributed by atoms with Crippen LogP contribution in [0.4, 0.5) is 4.39 Å². The minimum atomic E-state index is -1.27. The zero-order chi connectivity index (χ0) is 9.19. The summed E-state index contributed by atoms with van der Waals surface area (Å²) in [7, 11) is 0. The summed E-state index contributed by atoms with van der Waals surface area (Å²) < 4.78 is 13.3. The maximum Gasteiger partial charge on any atom is 0.248 e. The molecule has 12 heavy (non-hydrogen) atoms. The van der Waals surface area contributed by atoms with Crippen LogP contribution in [0.5, 0.6) is 0 Å². The van der Waals surface area contributed by atoms with E-state index in [2.05, 4.69) is 0 Å². The maximum atomic E-state index is 13.3. The molecule has 0 radical (unpaired) electrons. The summed E-state index contributed by atoms with van der Waals surface area (Å²) in [6, 6.07) is 0. The lowest BCUT2D eigenvalue weighted by molar-refractivity contribution is -0.138. The number of piperidine rings is 1. The van der Waals surface area contributed by atoms with Gasteiger partial charge >= 0.3 is 0 Å². The fourth-order valence-corrected chi connectivity index (χ4v) is 1.51. The predicted octanol–water partition coefficient (Wildman–Crippen LogP) is 0.329. The van der Waals surface area contributed by atoms with E-state index in [9.17, 15) is 9.18 Å². The summed E-state index contributed by atoms with van der Waals surface area (Å²) in [6.45, 7) is 1.66. The largest absolute Gasteiger partial charge is 0.387 e. The van der Waals surface area contributed by atoms with E-state index in [1.165, 1.54) is 11.8 Å². The first kappa shape index (κ1) is 9.45. The van der Waals surface area contributed by atoms with Crippen LogP contribution in [0.25, 0.3) is 0 Å². The Kier molecular flexibility index (Phi) is 2.67. The second kappa shape index (κ2) is 3.39. The lowest BCUT2D eigenvalue weighted by Gasteiger charge is -2.34. The van der Waals surface area contributed by atoms with Gasteiger partial charge in [-0.2, -0.15) is 0 Å². The number of aliphatic hydroxyl groups is 1. The second-order valence-electron chi connectivity index (χ2n) is 3.49. The molecule has 0 bridgehead atoms. The van der Waals surface area contributed by atoms with Gasteiger partial charge in [0.2, 0.25) is 5.91 Å². The zero-order valence-corrected chi connectivity index (χ0v) is 7.22. The number of amides is 1. The molecule has 0 aromatic heterocycles. The number of hydrogen-bond acceptors (Lipinski definition) is 2. The highest BCUT2D eigenvalue weighted by Crippen LogP contribution is 2.24. The highest BCUT2D eigenvalue weighted by atomic mass is 19.1. The molecule has 0 aromatic carbocycles. The summed E-state index contributed by atoms with van der Waals surface area (Å²) in [5.74, 6) is -0.376. The molecule has 1 atom stereocenters. The van der Waals surface area contributed by atoms with Crippen LogP contribution in [-0.4, -0.2) is 41.3 Å². The maximum absolute atomic E-state index is 13.3. The van der Waals surface area contributed by atoms with Gasteiger partial charge in [-0.25, -0.2) is 4.39 Å². The second-order valence-corrected chi connectivity index (χ2v) is 3.49. The number of carbonyl (C=O) groups is 1. The Bertz CT molecular complexity index is 182. The Morgan fingerprint density at radius 1 is 1.75 bits per heavy atom. The van der Waals surface area contributed by atoms with E-state index in [4.69, 9.17) is 5.11 Å². The van der Waals surface area contributed by atoms with Gasteiger partial charge in [-0.1, -0.05) is 0 Å². The number of alkyl halides is 1.